The number of carbonyl (C=O) groups excluding carboxylic acids is 2. The minimum absolute atomic E-state index is 0.129. The van der Waals surface area contributed by atoms with Gasteiger partial charge in [-0.3, -0.25) is 9.69 Å². The number of benzene rings is 2. The summed E-state index contributed by atoms with van der Waals surface area (Å²) in [5, 5.41) is 12.4. The molecule has 2 aliphatic rings. The molecule has 2 atom stereocenters. The first-order valence-corrected chi connectivity index (χ1v) is 8.42. The van der Waals surface area contributed by atoms with Gasteiger partial charge in [-0.05, 0) is 17.2 Å². The summed E-state index contributed by atoms with van der Waals surface area (Å²) in [6.07, 6.45) is -0.304. The van der Waals surface area contributed by atoms with Gasteiger partial charge in [0.05, 0.1) is 11.5 Å². The van der Waals surface area contributed by atoms with Gasteiger partial charge in [-0.15, -0.1) is 0 Å². The van der Waals surface area contributed by atoms with Crippen molar-refractivity contribution >= 4 is 17.7 Å². The Balaban J connectivity index is 1.56. The van der Waals surface area contributed by atoms with Crippen LogP contribution in [0.4, 0.5) is 10.5 Å². The Labute approximate surface area is 151 Å². The number of para-hydroxylation sites is 1. The van der Waals surface area contributed by atoms with E-state index in [9.17, 15) is 14.9 Å². The van der Waals surface area contributed by atoms with Crippen LogP contribution in [-0.2, 0) is 21.6 Å². The zero-order valence-corrected chi connectivity index (χ0v) is 14.0. The number of carbonyl (C=O) groups is 2. The van der Waals surface area contributed by atoms with E-state index >= 15 is 0 Å². The molecule has 0 radical (unpaired) electrons. The molecule has 0 unspecified atom stereocenters. The van der Waals surface area contributed by atoms with Crippen molar-refractivity contribution in [2.45, 2.75) is 24.5 Å². The fourth-order valence-electron chi connectivity index (χ4n) is 3.75. The van der Waals surface area contributed by atoms with E-state index in [-0.39, 0.29) is 25.5 Å². The number of fused-ring (bicyclic) bond motifs is 2. The van der Waals surface area contributed by atoms with Gasteiger partial charge in [-0.1, -0.05) is 48.5 Å². The largest absolute Gasteiger partial charge is 0.445 e. The Kier molecular flexibility index (Phi) is 3.85. The maximum atomic E-state index is 12.7. The second-order valence-corrected chi connectivity index (χ2v) is 6.60. The number of nitrogens with one attached hydrogen (secondary N) is 1. The molecule has 0 saturated carbocycles. The smallest absolute Gasteiger partial charge is 0.411 e. The maximum absolute atomic E-state index is 12.7. The molecule has 0 bridgehead atoms. The molecule has 2 amide bonds. The van der Waals surface area contributed by atoms with Gasteiger partial charge in [0.25, 0.3) is 0 Å². The minimum atomic E-state index is -0.886. The van der Waals surface area contributed by atoms with Crippen molar-refractivity contribution in [2.75, 3.05) is 11.9 Å². The molecule has 2 aromatic carbocycles. The van der Waals surface area contributed by atoms with Crippen LogP contribution < -0.4 is 5.32 Å². The molecule has 2 aromatic rings. The van der Waals surface area contributed by atoms with Gasteiger partial charge in [0.2, 0.25) is 5.91 Å². The predicted molar refractivity (Wildman–Crippen MR) is 94.1 cm³/mol. The number of nitriles is 1. The molecule has 130 valence electrons. The second-order valence-electron chi connectivity index (χ2n) is 6.60. The van der Waals surface area contributed by atoms with Gasteiger partial charge in [-0.25, -0.2) is 4.79 Å². The van der Waals surface area contributed by atoms with Gasteiger partial charge < -0.3 is 10.1 Å². The van der Waals surface area contributed by atoms with Crippen molar-refractivity contribution in [2.24, 2.45) is 0 Å². The number of ether oxygens (including phenoxy) is 1. The van der Waals surface area contributed by atoms with Gasteiger partial charge >= 0.3 is 6.09 Å². The number of rotatable bonds is 2. The standard InChI is InChI=1S/C20H17N3O3/c21-11-15-10-20(16-8-4-5-9-17(16)22-18(20)24)13-23(15)19(25)26-12-14-6-2-1-3-7-14/h1-9,15H,10,12-13H2,(H,22,24)/t15-,20-/m0/s1. The quantitative estimate of drug-likeness (QED) is 0.905. The van der Waals surface area contributed by atoms with Crippen molar-refractivity contribution in [3.05, 3.63) is 65.7 Å². The molecule has 1 spiro atoms. The summed E-state index contributed by atoms with van der Waals surface area (Å²) in [4.78, 5) is 26.6. The molecule has 4 rings (SSSR count). The predicted octanol–water partition coefficient (Wildman–Crippen LogP) is 2.81. The van der Waals surface area contributed by atoms with E-state index in [4.69, 9.17) is 4.74 Å². The van der Waals surface area contributed by atoms with E-state index in [1.165, 1.54) is 4.90 Å². The normalized spacial score (nSPS) is 23.4. The van der Waals surface area contributed by atoms with Crippen LogP contribution in [0, 0.1) is 11.3 Å². The van der Waals surface area contributed by atoms with E-state index in [1.54, 1.807) is 0 Å². The van der Waals surface area contributed by atoms with E-state index in [1.807, 2.05) is 54.6 Å². The lowest BCUT2D eigenvalue weighted by Crippen LogP contribution is -2.40. The van der Waals surface area contributed by atoms with E-state index in [0.29, 0.717) is 0 Å². The first-order chi connectivity index (χ1) is 12.6. The Morgan fingerprint density at radius 2 is 1.96 bits per heavy atom. The number of nitrogens with zero attached hydrogens (tertiary/aromatic N) is 2. The molecule has 1 fully saturated rings. The Morgan fingerprint density at radius 1 is 1.23 bits per heavy atom. The second kappa shape index (κ2) is 6.19. The Bertz CT molecular complexity index is 906. The van der Waals surface area contributed by atoms with Crippen LogP contribution in [0.25, 0.3) is 0 Å². The molecule has 1 saturated heterocycles. The third-order valence-corrected chi connectivity index (χ3v) is 5.07. The van der Waals surface area contributed by atoms with Gasteiger partial charge in [0.1, 0.15) is 12.6 Å². The van der Waals surface area contributed by atoms with Crippen molar-refractivity contribution in [1.29, 1.82) is 5.26 Å². The Morgan fingerprint density at radius 3 is 2.73 bits per heavy atom. The fourth-order valence-corrected chi connectivity index (χ4v) is 3.75. The molecule has 26 heavy (non-hydrogen) atoms. The first-order valence-electron chi connectivity index (χ1n) is 8.42. The maximum Gasteiger partial charge on any atom is 0.411 e. The summed E-state index contributed by atoms with van der Waals surface area (Å²) >= 11 is 0. The number of likely N-dealkylation sites (tertiary alicyclic amines) is 1. The Hall–Kier alpha value is -3.33. The van der Waals surface area contributed by atoms with Crippen LogP contribution in [0.3, 0.4) is 0 Å². The summed E-state index contributed by atoms with van der Waals surface area (Å²) in [5.41, 5.74) is 1.56. The lowest BCUT2D eigenvalue weighted by Gasteiger charge is -2.22. The van der Waals surface area contributed by atoms with Crippen LogP contribution in [0.15, 0.2) is 54.6 Å². The molecule has 2 aliphatic heterocycles. The van der Waals surface area contributed by atoms with E-state index in [0.717, 1.165) is 16.8 Å². The van der Waals surface area contributed by atoms with Crippen molar-refractivity contribution in [1.82, 2.24) is 4.90 Å². The molecule has 0 aliphatic carbocycles. The van der Waals surface area contributed by atoms with Crippen molar-refractivity contribution < 1.29 is 14.3 Å². The highest BCUT2D eigenvalue weighted by molar-refractivity contribution is 6.07. The monoisotopic (exact) mass is 347 g/mol. The van der Waals surface area contributed by atoms with Crippen LogP contribution in [-0.4, -0.2) is 29.5 Å². The SMILES string of the molecule is N#C[C@@H]1C[C@@]2(CN1C(=O)OCc1ccccc1)C(=O)Nc1ccccc12. The zero-order valence-electron chi connectivity index (χ0n) is 14.0. The third-order valence-electron chi connectivity index (χ3n) is 5.07. The highest BCUT2D eigenvalue weighted by Gasteiger charge is 2.56. The molecule has 2 heterocycles. The first kappa shape index (κ1) is 16.2. The number of anilines is 1. The molecule has 6 nitrogen and oxygen atoms in total. The van der Waals surface area contributed by atoms with E-state index < -0.39 is 17.6 Å². The lowest BCUT2D eigenvalue weighted by molar-refractivity contribution is -0.120. The number of hydrogen-bond donors (Lipinski definition) is 1. The molecule has 0 aromatic heterocycles. The summed E-state index contributed by atoms with van der Waals surface area (Å²) in [7, 11) is 0. The average molecular weight is 347 g/mol. The fraction of sp³-hybridized carbons (Fsp3) is 0.250. The summed E-state index contributed by atoms with van der Waals surface area (Å²) < 4.78 is 5.37. The molecule has 1 N–H and O–H groups in total. The summed E-state index contributed by atoms with van der Waals surface area (Å²) in [6, 6.07) is 18.2. The van der Waals surface area contributed by atoms with Gasteiger partial charge in [0.15, 0.2) is 0 Å². The number of hydrogen-bond acceptors (Lipinski definition) is 4. The third kappa shape index (κ3) is 2.49. The molecular formula is C20H17N3O3. The van der Waals surface area contributed by atoms with E-state index in [2.05, 4.69) is 11.4 Å². The lowest BCUT2D eigenvalue weighted by atomic mass is 9.80. The zero-order chi connectivity index (χ0) is 18.1. The van der Waals surface area contributed by atoms with Gasteiger partial charge in [-0.2, -0.15) is 5.26 Å². The summed E-state index contributed by atoms with van der Waals surface area (Å²) in [6.45, 7) is 0.270. The van der Waals surface area contributed by atoms with Crippen molar-refractivity contribution in [3.63, 3.8) is 0 Å². The summed E-state index contributed by atoms with van der Waals surface area (Å²) in [5.74, 6) is -0.169. The van der Waals surface area contributed by atoms with Crippen LogP contribution in [0.5, 0.6) is 0 Å². The molecule has 6 heteroatoms. The van der Waals surface area contributed by atoms with Crippen molar-refractivity contribution in [3.8, 4) is 6.07 Å². The number of amides is 2. The van der Waals surface area contributed by atoms with Crippen LogP contribution >= 0.6 is 0 Å². The van der Waals surface area contributed by atoms with Gasteiger partial charge in [0, 0.05) is 18.7 Å². The molecular weight excluding hydrogens is 330 g/mol. The van der Waals surface area contributed by atoms with Crippen LogP contribution in [0.2, 0.25) is 0 Å². The average Bonchev–Trinajstić information content (AvgIpc) is 3.20. The van der Waals surface area contributed by atoms with Crippen LogP contribution in [0.1, 0.15) is 17.5 Å². The highest BCUT2D eigenvalue weighted by atomic mass is 16.6. The topological polar surface area (TPSA) is 82.4 Å². The minimum Gasteiger partial charge on any atom is -0.445 e. The highest BCUT2D eigenvalue weighted by Crippen LogP contribution is 2.46.